The molecule has 0 aliphatic heterocycles. The molecule has 4 aliphatic rings. The summed E-state index contributed by atoms with van der Waals surface area (Å²) >= 11 is 0. The van der Waals surface area contributed by atoms with Crippen molar-refractivity contribution in [1.82, 2.24) is 10.6 Å². The maximum atomic E-state index is 12.6. The van der Waals surface area contributed by atoms with Crippen LogP contribution in [-0.2, 0) is 4.79 Å². The van der Waals surface area contributed by atoms with Crippen molar-refractivity contribution in [3.8, 4) is 6.07 Å². The fourth-order valence-electron chi connectivity index (χ4n) is 5.57. The van der Waals surface area contributed by atoms with Gasteiger partial charge in [-0.25, -0.2) is 0 Å². The van der Waals surface area contributed by atoms with Crippen LogP contribution in [0.5, 0.6) is 0 Å². The van der Waals surface area contributed by atoms with Gasteiger partial charge in [0.15, 0.2) is 0 Å². The monoisotopic (exact) mass is 329 g/mol. The van der Waals surface area contributed by atoms with E-state index in [1.807, 2.05) is 26.8 Å². The predicted molar refractivity (Wildman–Crippen MR) is 94.8 cm³/mol. The third-order valence-corrected chi connectivity index (χ3v) is 6.37. The largest absolute Gasteiger partial charge is 0.385 e. The molecule has 132 valence electrons. The molecule has 0 aromatic carbocycles. The Morgan fingerprint density at radius 3 is 2.08 bits per heavy atom. The van der Waals surface area contributed by atoms with Crippen LogP contribution in [0.1, 0.15) is 66.2 Å². The van der Waals surface area contributed by atoms with Crippen LogP contribution in [0, 0.1) is 34.5 Å². The van der Waals surface area contributed by atoms with Crippen LogP contribution in [0.4, 0.5) is 0 Å². The molecule has 4 fully saturated rings. The minimum Gasteiger partial charge on any atom is -0.385 e. The second-order valence-electron chi connectivity index (χ2n) is 9.54. The van der Waals surface area contributed by atoms with Gasteiger partial charge in [0.25, 0.3) is 5.91 Å². The summed E-state index contributed by atoms with van der Waals surface area (Å²) in [6.45, 7) is 8.18. The van der Waals surface area contributed by atoms with Gasteiger partial charge in [-0.3, -0.25) is 4.79 Å². The molecule has 1 amide bonds. The zero-order chi connectivity index (χ0) is 17.5. The Morgan fingerprint density at radius 2 is 1.67 bits per heavy atom. The first-order chi connectivity index (χ1) is 11.2. The van der Waals surface area contributed by atoms with Crippen LogP contribution < -0.4 is 10.6 Å². The normalized spacial score (nSPS) is 36.1. The third-order valence-electron chi connectivity index (χ3n) is 6.37. The van der Waals surface area contributed by atoms with Crippen LogP contribution in [0.2, 0.25) is 0 Å². The molecule has 1 atom stereocenters. The fourth-order valence-corrected chi connectivity index (χ4v) is 5.57. The zero-order valence-corrected chi connectivity index (χ0v) is 15.5. The van der Waals surface area contributed by atoms with Gasteiger partial charge in [-0.1, -0.05) is 0 Å². The van der Waals surface area contributed by atoms with Gasteiger partial charge in [-0.15, -0.1) is 0 Å². The molecule has 1 unspecified atom stereocenters. The topological polar surface area (TPSA) is 64.9 Å². The summed E-state index contributed by atoms with van der Waals surface area (Å²) in [6.07, 6.45) is 9.53. The predicted octanol–water partition coefficient (Wildman–Crippen LogP) is 3.50. The molecule has 0 spiro atoms. The Kier molecular flexibility index (Phi) is 4.40. The fraction of sp³-hybridized carbons (Fsp3) is 0.800. The maximum absolute atomic E-state index is 12.6. The van der Waals surface area contributed by atoms with Crippen LogP contribution in [-0.4, -0.2) is 17.5 Å². The van der Waals surface area contributed by atoms with E-state index < -0.39 is 0 Å². The molecular weight excluding hydrogens is 298 g/mol. The molecular formula is C20H31N3O. The van der Waals surface area contributed by atoms with Crippen molar-refractivity contribution >= 4 is 5.91 Å². The molecule has 4 nitrogen and oxygen atoms in total. The van der Waals surface area contributed by atoms with Crippen molar-refractivity contribution in [2.45, 2.75) is 77.8 Å². The summed E-state index contributed by atoms with van der Waals surface area (Å²) in [7, 11) is 0. The number of rotatable bonds is 4. The van der Waals surface area contributed by atoms with E-state index in [2.05, 4.69) is 17.6 Å². The highest BCUT2D eigenvalue weighted by atomic mass is 16.1. The summed E-state index contributed by atoms with van der Waals surface area (Å²) in [5.41, 5.74) is 0.276. The lowest BCUT2D eigenvalue weighted by Gasteiger charge is -2.59. The Balaban J connectivity index is 1.67. The van der Waals surface area contributed by atoms with Gasteiger partial charge in [0.1, 0.15) is 11.6 Å². The van der Waals surface area contributed by atoms with E-state index in [4.69, 9.17) is 0 Å². The molecule has 24 heavy (non-hydrogen) atoms. The highest BCUT2D eigenvalue weighted by Gasteiger charge is 2.53. The average Bonchev–Trinajstić information content (AvgIpc) is 2.45. The van der Waals surface area contributed by atoms with Crippen LogP contribution in [0.3, 0.4) is 0 Å². The van der Waals surface area contributed by atoms with Crippen molar-refractivity contribution in [2.75, 3.05) is 0 Å². The molecule has 4 rings (SSSR count). The summed E-state index contributed by atoms with van der Waals surface area (Å²) in [5, 5.41) is 15.6. The highest BCUT2D eigenvalue weighted by Crippen LogP contribution is 2.61. The third kappa shape index (κ3) is 3.45. The number of hydrogen-bond acceptors (Lipinski definition) is 3. The number of nitriles is 1. The first-order valence-corrected chi connectivity index (χ1v) is 9.39. The number of hydrogen-bond donors (Lipinski definition) is 2. The molecule has 4 bridgehead atoms. The zero-order valence-electron chi connectivity index (χ0n) is 15.5. The number of carbonyl (C=O) groups is 1. The van der Waals surface area contributed by atoms with E-state index in [1.165, 1.54) is 38.5 Å². The first-order valence-electron chi connectivity index (χ1n) is 9.39. The van der Waals surface area contributed by atoms with Crippen molar-refractivity contribution in [1.29, 1.82) is 5.26 Å². The van der Waals surface area contributed by atoms with Gasteiger partial charge in [0, 0.05) is 17.8 Å². The van der Waals surface area contributed by atoms with E-state index in [1.54, 1.807) is 6.20 Å². The van der Waals surface area contributed by atoms with Gasteiger partial charge in [0.2, 0.25) is 0 Å². The first kappa shape index (κ1) is 17.3. The molecule has 4 saturated carbocycles. The van der Waals surface area contributed by atoms with Crippen molar-refractivity contribution in [2.24, 2.45) is 23.2 Å². The summed E-state index contributed by atoms with van der Waals surface area (Å²) in [6, 6.07) is 2.18. The molecule has 0 aromatic heterocycles. The minimum atomic E-state index is -0.238. The standard InChI is InChI=1S/C20H31N3O/c1-13(23-18(24)17(11-21)12-22-19(2,3)4)20-8-14-5-15(9-20)7-16(6-14)10-20/h12-16,22H,5-10H2,1-4H3,(H,23,24)/b17-12-. The Bertz CT molecular complexity index is 543. The Hall–Kier alpha value is -1.50. The minimum absolute atomic E-state index is 0.143. The molecule has 0 radical (unpaired) electrons. The molecule has 0 heterocycles. The second-order valence-corrected chi connectivity index (χ2v) is 9.54. The quantitative estimate of drug-likeness (QED) is 0.613. The van der Waals surface area contributed by atoms with Crippen LogP contribution in [0.15, 0.2) is 11.8 Å². The van der Waals surface area contributed by atoms with Crippen molar-refractivity contribution < 1.29 is 4.79 Å². The van der Waals surface area contributed by atoms with Gasteiger partial charge < -0.3 is 10.6 Å². The lowest BCUT2D eigenvalue weighted by molar-refractivity contribution is -0.122. The molecule has 4 heteroatoms. The van der Waals surface area contributed by atoms with Gasteiger partial charge >= 0.3 is 0 Å². The number of nitrogens with one attached hydrogen (secondary N) is 2. The van der Waals surface area contributed by atoms with E-state index in [9.17, 15) is 10.1 Å². The molecule has 2 N–H and O–H groups in total. The van der Waals surface area contributed by atoms with Crippen LogP contribution >= 0.6 is 0 Å². The maximum Gasteiger partial charge on any atom is 0.263 e. The second kappa shape index (κ2) is 6.10. The Labute approximate surface area is 146 Å². The smallest absolute Gasteiger partial charge is 0.263 e. The van der Waals surface area contributed by atoms with Gasteiger partial charge in [0.05, 0.1) is 0 Å². The van der Waals surface area contributed by atoms with E-state index in [0.29, 0.717) is 0 Å². The van der Waals surface area contributed by atoms with Crippen molar-refractivity contribution in [3.63, 3.8) is 0 Å². The summed E-state index contributed by atoms with van der Waals surface area (Å²) in [5.74, 6) is 2.36. The van der Waals surface area contributed by atoms with Crippen LogP contribution in [0.25, 0.3) is 0 Å². The number of carbonyl (C=O) groups excluding carboxylic acids is 1. The molecule has 4 aliphatic carbocycles. The summed E-state index contributed by atoms with van der Waals surface area (Å²) < 4.78 is 0. The van der Waals surface area contributed by atoms with E-state index in [0.717, 1.165) is 17.8 Å². The molecule has 0 saturated heterocycles. The number of nitrogens with zero attached hydrogens (tertiary/aromatic N) is 1. The highest BCUT2D eigenvalue weighted by molar-refractivity contribution is 5.97. The Morgan fingerprint density at radius 1 is 1.17 bits per heavy atom. The van der Waals surface area contributed by atoms with Gasteiger partial charge in [-0.2, -0.15) is 5.26 Å². The number of amides is 1. The lowest BCUT2D eigenvalue weighted by atomic mass is 9.48. The lowest BCUT2D eigenvalue weighted by Crippen LogP contribution is -2.56. The average molecular weight is 329 g/mol. The molecule has 0 aromatic rings. The van der Waals surface area contributed by atoms with E-state index in [-0.39, 0.29) is 28.5 Å². The van der Waals surface area contributed by atoms with Crippen molar-refractivity contribution in [3.05, 3.63) is 11.8 Å². The summed E-state index contributed by atoms with van der Waals surface area (Å²) in [4.78, 5) is 12.6. The SMILES string of the molecule is CC(NC(=O)/C(C#N)=C\NC(C)(C)C)C12CC3CC(CC(C3)C1)C2. The van der Waals surface area contributed by atoms with Gasteiger partial charge in [-0.05, 0) is 89.4 Å². The van der Waals surface area contributed by atoms with E-state index >= 15 is 0 Å².